The average molecular weight is 1290 g/mol. The molecule has 0 fully saturated rings. The van der Waals surface area contributed by atoms with E-state index in [1.807, 2.05) is 0 Å². The van der Waals surface area contributed by atoms with Crippen LogP contribution in [-0.2, 0) is 60.7 Å². The molecule has 0 aliphatic rings. The molecule has 8 aromatic rings. The second-order valence-corrected chi connectivity index (χ2v) is 25.1. The van der Waals surface area contributed by atoms with Gasteiger partial charge in [0, 0.05) is 28.3 Å². The van der Waals surface area contributed by atoms with Crippen molar-refractivity contribution in [2.75, 3.05) is 5.73 Å². The molecule has 0 aliphatic heterocycles. The first-order valence-corrected chi connectivity index (χ1v) is 30.5. The SMILES string of the molecule is Nc1c(N=Nc2ccc3c(O)c(N=Nc4ccc(N=Nc5c(C(=O)O)[nH]n(-c6ccc(S(=O)(=O)O)cc6)c5=O)c(S(=O)(=O)O)c4)c(S(=O)(=O)O)cc3c2S(=O)(=O)O)cc(S(=O)(=O)O)c2ccc(N=Nc3ccc([N+](=O)[O-])cc3S(=O)(=O)O)c(O)c12. The fraction of sp³-hybridized carbons (Fsp3) is 0. The second kappa shape index (κ2) is 21.8. The van der Waals surface area contributed by atoms with Gasteiger partial charge < -0.3 is 21.1 Å². The third-order valence-electron chi connectivity index (χ3n) is 11.4. The van der Waals surface area contributed by atoms with Crippen LogP contribution in [0.25, 0.3) is 27.2 Å². The van der Waals surface area contributed by atoms with E-state index < -0.39 is 202 Å². The number of phenols is 2. The minimum atomic E-state index is -5.70. The minimum Gasteiger partial charge on any atom is -0.505 e. The first-order valence-electron chi connectivity index (χ1n) is 21.8. The third-order valence-corrected chi connectivity index (χ3v) is 16.7. The highest BCUT2D eigenvalue weighted by Gasteiger charge is 2.30. The highest BCUT2D eigenvalue weighted by atomic mass is 32.2. The van der Waals surface area contributed by atoms with Crippen LogP contribution in [0.1, 0.15) is 10.5 Å². The fourth-order valence-corrected chi connectivity index (χ4v) is 11.6. The number of H-pyrrole nitrogens is 1. The maximum Gasteiger partial charge on any atom is 0.356 e. The maximum absolute atomic E-state index is 13.3. The molecule has 0 radical (unpaired) electrons. The molecule has 7 aromatic carbocycles. The van der Waals surface area contributed by atoms with Gasteiger partial charge in [-0.3, -0.25) is 47.3 Å². The van der Waals surface area contributed by atoms with Crippen LogP contribution in [0, 0.1) is 10.1 Å². The molecule has 0 atom stereocenters. The summed E-state index contributed by atoms with van der Waals surface area (Å²) in [5, 5.41) is 71.8. The molecule has 1 heterocycles. The molecule has 1 aromatic heterocycles. The lowest BCUT2D eigenvalue weighted by molar-refractivity contribution is -0.385. The molecule has 0 saturated carbocycles. The van der Waals surface area contributed by atoms with Gasteiger partial charge in [-0.25, -0.2) is 9.48 Å². The van der Waals surface area contributed by atoms with Gasteiger partial charge in [-0.1, -0.05) is 6.07 Å². The highest BCUT2D eigenvalue weighted by Crippen LogP contribution is 2.48. The molecule has 0 aliphatic carbocycles. The second-order valence-electron chi connectivity index (χ2n) is 16.7. The number of non-ortho nitro benzene ring substituents is 1. The van der Waals surface area contributed by atoms with E-state index in [0.29, 0.717) is 35.0 Å². The number of carboxylic acids is 1. The Bertz CT molecular complexity index is 5190. The summed E-state index contributed by atoms with van der Waals surface area (Å²) in [4.78, 5) is 28.7. The zero-order chi connectivity index (χ0) is 62.8. The van der Waals surface area contributed by atoms with Gasteiger partial charge in [0.15, 0.2) is 22.9 Å². The van der Waals surface area contributed by atoms with Crippen molar-refractivity contribution in [1.29, 1.82) is 0 Å². The van der Waals surface area contributed by atoms with E-state index in [9.17, 15) is 113 Å². The number of aromatic carboxylic acids is 1. The van der Waals surface area contributed by atoms with Crippen molar-refractivity contribution in [3.05, 3.63) is 123 Å². The van der Waals surface area contributed by atoms with Crippen LogP contribution >= 0.6 is 0 Å². The Kier molecular flexibility index (Phi) is 15.7. The molecule has 0 saturated heterocycles. The van der Waals surface area contributed by atoms with Crippen molar-refractivity contribution >= 4 is 145 Å². The number of benzene rings is 7. The molecule has 85 heavy (non-hydrogen) atoms. The predicted molar refractivity (Wildman–Crippen MR) is 284 cm³/mol. The van der Waals surface area contributed by atoms with E-state index >= 15 is 0 Å². The molecule has 12 N–H and O–H groups in total. The zero-order valence-electron chi connectivity index (χ0n) is 40.8. The number of hydrogen-bond acceptors (Lipinski definition) is 27. The van der Waals surface area contributed by atoms with Crippen LogP contribution in [-0.4, -0.2) is 114 Å². The lowest BCUT2D eigenvalue weighted by Gasteiger charge is -2.13. The topological polar surface area (TPSA) is 610 Å². The van der Waals surface area contributed by atoms with Crippen LogP contribution in [0.4, 0.5) is 56.9 Å². The van der Waals surface area contributed by atoms with Gasteiger partial charge in [0.05, 0.1) is 32.3 Å². The number of aromatic amines is 1. The van der Waals surface area contributed by atoms with Crippen molar-refractivity contribution < 1.29 is 103 Å². The van der Waals surface area contributed by atoms with E-state index in [-0.39, 0.29) is 5.69 Å². The van der Waals surface area contributed by atoms with Crippen molar-refractivity contribution in [2.24, 2.45) is 40.9 Å². The minimum absolute atomic E-state index is 0.194. The molecule has 0 amide bonds. The Morgan fingerprint density at radius 2 is 1.01 bits per heavy atom. The van der Waals surface area contributed by atoms with Crippen molar-refractivity contribution in [3.63, 3.8) is 0 Å². The van der Waals surface area contributed by atoms with E-state index in [1.54, 1.807) is 0 Å². The van der Waals surface area contributed by atoms with Crippen LogP contribution in [0.2, 0.25) is 0 Å². The van der Waals surface area contributed by atoms with Gasteiger partial charge in [0.25, 0.3) is 72.0 Å². The van der Waals surface area contributed by atoms with Gasteiger partial charge >= 0.3 is 5.97 Å². The number of fused-ring (bicyclic) bond motifs is 2. The van der Waals surface area contributed by atoms with Crippen LogP contribution in [0.5, 0.6) is 11.5 Å². The van der Waals surface area contributed by atoms with Gasteiger partial charge in [-0.15, -0.1) is 35.8 Å². The molecule has 0 unspecified atom stereocenters. The number of carboxylic acid groups (broad SMARTS) is 1. The molecule has 442 valence electrons. The van der Waals surface area contributed by atoms with Gasteiger partial charge in [0.1, 0.15) is 58.6 Å². The smallest absolute Gasteiger partial charge is 0.356 e. The largest absolute Gasteiger partial charge is 0.505 e. The third kappa shape index (κ3) is 12.5. The number of nitro groups is 1. The van der Waals surface area contributed by atoms with Gasteiger partial charge in [-0.05, 0) is 78.9 Å². The molecule has 0 spiro atoms. The van der Waals surface area contributed by atoms with E-state index in [0.717, 1.165) is 66.7 Å². The molecule has 0 bridgehead atoms. The number of anilines is 1. The summed E-state index contributed by atoms with van der Waals surface area (Å²) < 4.78 is 210. The molecular formula is C42H28N12O25S6. The zero-order valence-corrected chi connectivity index (χ0v) is 45.7. The summed E-state index contributed by atoms with van der Waals surface area (Å²) in [5.41, 5.74) is -4.52. The van der Waals surface area contributed by atoms with E-state index in [2.05, 4.69) is 46.0 Å². The van der Waals surface area contributed by atoms with Crippen molar-refractivity contribution in [1.82, 2.24) is 9.78 Å². The number of nitrogens with two attached hydrogens (primary N) is 1. The number of phenolic OH excluding ortho intramolecular Hbond substituents is 2. The van der Waals surface area contributed by atoms with Crippen LogP contribution in [0.15, 0.2) is 172 Å². The molecule has 43 heteroatoms. The Labute approximate surface area is 471 Å². The number of hydrogen-bond donors (Lipinski definition) is 11. The number of nitrogens with one attached hydrogen (secondary N) is 1. The Balaban J connectivity index is 1.19. The standard InChI is InChI=1S/C42H28N12O25S6/c43-34-28(16-29(81(65,66)67)22-8-11-26(39(56)33(22)34)47-45-25-10-4-19(54(60)61)14-31(25)83(71,72)73)49-48-27-12-7-21-23(40(27)85(77,78)79)15-32(84(74,75)76)35(38(21)55)50-44-17-1-9-24(30(13-17)82(68,69)70)46-51-36-37(42(58)59)52-53(41(36)57)18-2-5-20(6-3-18)80(62,63)64/h1-16,52,55-56H,43H2,(H,58,59)(H,62,63,64)(H,65,66,67)(H,68,69,70)(H,71,72,73)(H,74,75,76)(H,77,78,79). The monoisotopic (exact) mass is 1290 g/mol. The highest BCUT2D eigenvalue weighted by molar-refractivity contribution is 7.87. The van der Waals surface area contributed by atoms with E-state index in [4.69, 9.17) is 5.73 Å². The summed E-state index contributed by atoms with van der Waals surface area (Å²) in [6.07, 6.45) is 0. The quantitative estimate of drug-likeness (QED) is 0.0141. The summed E-state index contributed by atoms with van der Waals surface area (Å²) in [5.74, 6) is -4.23. The number of nitro benzene ring substituents is 1. The van der Waals surface area contributed by atoms with Gasteiger partial charge in [-0.2, -0.15) is 55.6 Å². The average Bonchev–Trinajstić information content (AvgIpc) is 2.35. The number of carbonyl (C=O) groups is 1. The van der Waals surface area contributed by atoms with E-state index in [1.165, 1.54) is 0 Å². The Morgan fingerprint density at radius 3 is 1.58 bits per heavy atom. The lowest BCUT2D eigenvalue weighted by Crippen LogP contribution is -2.14. The molecule has 8 rings (SSSR count). The van der Waals surface area contributed by atoms with Crippen LogP contribution < -0.4 is 11.3 Å². The van der Waals surface area contributed by atoms with Crippen molar-refractivity contribution in [3.8, 4) is 17.2 Å². The number of azo groups is 4. The Hall–Kier alpha value is -9.80. The maximum atomic E-state index is 13.3. The number of nitrogen functional groups attached to an aromatic ring is 1. The normalized spacial score (nSPS) is 13.1. The first kappa shape index (κ1) is 61.3. The summed E-state index contributed by atoms with van der Waals surface area (Å²) in [6, 6.07) is 11.8. The van der Waals surface area contributed by atoms with Crippen LogP contribution in [0.3, 0.4) is 0 Å². The summed E-state index contributed by atoms with van der Waals surface area (Å²) in [7, 11) is -32.0. The number of rotatable bonds is 17. The Morgan fingerprint density at radius 1 is 0.506 bits per heavy atom. The first-order chi connectivity index (χ1) is 39.3. The molecule has 37 nitrogen and oxygen atoms in total. The van der Waals surface area contributed by atoms with Gasteiger partial charge in [0.2, 0.25) is 0 Å². The van der Waals surface area contributed by atoms with Crippen molar-refractivity contribution in [2.45, 2.75) is 29.4 Å². The molecular weight excluding hydrogens is 1260 g/mol. The summed E-state index contributed by atoms with van der Waals surface area (Å²) in [6.45, 7) is 0. The number of aromatic hydroxyl groups is 2. The number of nitrogens with zero attached hydrogens (tertiary/aromatic N) is 10. The lowest BCUT2D eigenvalue weighted by atomic mass is 10.1. The predicted octanol–water partition coefficient (Wildman–Crippen LogP) is 7.21. The fourth-order valence-electron chi connectivity index (χ4n) is 7.67. The number of aromatic nitrogens is 2. The summed E-state index contributed by atoms with van der Waals surface area (Å²) >= 11 is 0.